The molecule has 0 unspecified atom stereocenters. The number of benzene rings is 2. The van der Waals surface area contributed by atoms with Gasteiger partial charge in [-0.3, -0.25) is 14.7 Å². The van der Waals surface area contributed by atoms with Crippen LogP contribution in [0, 0.1) is 0 Å². The highest BCUT2D eigenvalue weighted by Crippen LogP contribution is 2.33. The number of hydrogen-bond donors (Lipinski definition) is 0. The second-order valence-corrected chi connectivity index (χ2v) is 7.55. The van der Waals surface area contributed by atoms with Crippen molar-refractivity contribution in [1.82, 2.24) is 9.97 Å². The third-order valence-electron chi connectivity index (χ3n) is 4.52. The Hall–Kier alpha value is -3.45. The van der Waals surface area contributed by atoms with Crippen LogP contribution in [0.5, 0.6) is 11.5 Å². The first kappa shape index (κ1) is 19.8. The fourth-order valence-corrected chi connectivity index (χ4v) is 4.07. The highest BCUT2D eigenvalue weighted by molar-refractivity contribution is 7.22. The van der Waals surface area contributed by atoms with Crippen LogP contribution in [0.3, 0.4) is 0 Å². The van der Waals surface area contributed by atoms with Crippen molar-refractivity contribution in [3.8, 4) is 11.5 Å². The van der Waals surface area contributed by atoms with Crippen molar-refractivity contribution in [2.45, 2.75) is 13.5 Å². The maximum absolute atomic E-state index is 13.5. The van der Waals surface area contributed by atoms with Gasteiger partial charge >= 0.3 is 0 Å². The molecule has 0 aliphatic carbocycles. The zero-order valence-corrected chi connectivity index (χ0v) is 17.6. The first-order valence-electron chi connectivity index (χ1n) is 9.56. The topological polar surface area (TPSA) is 64.5 Å². The molecule has 1 amide bonds. The minimum atomic E-state index is -0.151. The van der Waals surface area contributed by atoms with Crippen LogP contribution >= 0.6 is 11.3 Å². The average Bonchev–Trinajstić information content (AvgIpc) is 3.21. The van der Waals surface area contributed by atoms with Crippen molar-refractivity contribution >= 4 is 32.6 Å². The lowest BCUT2D eigenvalue weighted by Gasteiger charge is -2.20. The molecule has 30 heavy (non-hydrogen) atoms. The van der Waals surface area contributed by atoms with Crippen LogP contribution in [0.2, 0.25) is 0 Å². The molecule has 0 saturated heterocycles. The Balaban J connectivity index is 1.74. The van der Waals surface area contributed by atoms with Gasteiger partial charge in [0.05, 0.1) is 30.5 Å². The zero-order chi connectivity index (χ0) is 20.9. The first-order chi connectivity index (χ1) is 14.7. The average molecular weight is 420 g/mol. The van der Waals surface area contributed by atoms with Gasteiger partial charge in [-0.1, -0.05) is 23.5 Å². The highest BCUT2D eigenvalue weighted by Gasteiger charge is 2.22. The molecule has 0 aliphatic rings. The number of pyridine rings is 1. The summed E-state index contributed by atoms with van der Waals surface area (Å²) in [6.45, 7) is 2.91. The number of thiazole rings is 1. The predicted octanol–water partition coefficient (Wildman–Crippen LogP) is 4.95. The number of fused-ring (bicyclic) bond motifs is 1. The lowest BCUT2D eigenvalue weighted by molar-refractivity contribution is 0.0984. The largest absolute Gasteiger partial charge is 0.497 e. The zero-order valence-electron chi connectivity index (χ0n) is 16.7. The normalized spacial score (nSPS) is 10.7. The maximum Gasteiger partial charge on any atom is 0.260 e. The summed E-state index contributed by atoms with van der Waals surface area (Å²) >= 11 is 1.46. The van der Waals surface area contributed by atoms with Gasteiger partial charge in [-0.05, 0) is 55.0 Å². The Morgan fingerprint density at radius 2 is 2.00 bits per heavy atom. The number of rotatable bonds is 7. The first-order valence-corrected chi connectivity index (χ1v) is 10.4. The van der Waals surface area contributed by atoms with Crippen molar-refractivity contribution in [2.75, 3.05) is 18.6 Å². The summed E-state index contributed by atoms with van der Waals surface area (Å²) in [4.78, 5) is 24.0. The molecule has 4 rings (SSSR count). The molecule has 0 fully saturated rings. The predicted molar refractivity (Wildman–Crippen MR) is 119 cm³/mol. The van der Waals surface area contributed by atoms with E-state index < -0.39 is 0 Å². The van der Waals surface area contributed by atoms with Gasteiger partial charge in [-0.25, -0.2) is 4.98 Å². The Bertz CT molecular complexity index is 1160. The van der Waals surface area contributed by atoms with Gasteiger partial charge < -0.3 is 9.47 Å². The van der Waals surface area contributed by atoms with E-state index in [0.717, 1.165) is 21.5 Å². The van der Waals surface area contributed by atoms with Crippen molar-refractivity contribution in [2.24, 2.45) is 0 Å². The second kappa shape index (κ2) is 8.92. The summed E-state index contributed by atoms with van der Waals surface area (Å²) in [5.41, 5.74) is 2.28. The number of nitrogens with zero attached hydrogens (tertiary/aromatic N) is 3. The van der Waals surface area contributed by atoms with Gasteiger partial charge in [0.25, 0.3) is 5.91 Å². The summed E-state index contributed by atoms with van der Waals surface area (Å²) < 4.78 is 11.8. The molecule has 2 aromatic heterocycles. The van der Waals surface area contributed by atoms with E-state index in [0.29, 0.717) is 29.6 Å². The molecule has 7 heteroatoms. The molecule has 152 valence electrons. The van der Waals surface area contributed by atoms with E-state index in [1.54, 1.807) is 42.6 Å². The Morgan fingerprint density at radius 3 is 2.77 bits per heavy atom. The number of amides is 1. The van der Waals surface area contributed by atoms with Gasteiger partial charge in [0, 0.05) is 18.0 Å². The van der Waals surface area contributed by atoms with Crippen LogP contribution in [-0.2, 0) is 6.54 Å². The number of ether oxygens (including phenoxy) is 2. The molecule has 0 saturated carbocycles. The molecule has 0 N–H and O–H groups in total. The third kappa shape index (κ3) is 4.26. The Morgan fingerprint density at radius 1 is 1.10 bits per heavy atom. The van der Waals surface area contributed by atoms with Crippen molar-refractivity contribution in [3.05, 3.63) is 78.1 Å². The van der Waals surface area contributed by atoms with Gasteiger partial charge in [0.1, 0.15) is 11.5 Å². The molecule has 2 aromatic carbocycles. The summed E-state index contributed by atoms with van der Waals surface area (Å²) in [5, 5.41) is 0.621. The summed E-state index contributed by atoms with van der Waals surface area (Å²) in [5.74, 6) is 1.27. The van der Waals surface area contributed by atoms with Crippen LogP contribution in [0.4, 0.5) is 5.13 Å². The van der Waals surface area contributed by atoms with E-state index in [4.69, 9.17) is 14.5 Å². The fourth-order valence-electron chi connectivity index (χ4n) is 3.08. The molecular formula is C23H21N3O3S. The van der Waals surface area contributed by atoms with Gasteiger partial charge in [0.15, 0.2) is 5.13 Å². The summed E-state index contributed by atoms with van der Waals surface area (Å²) in [6, 6.07) is 16.7. The Labute approximate surface area is 178 Å². The van der Waals surface area contributed by atoms with Gasteiger partial charge in [-0.15, -0.1) is 0 Å². The number of carbonyl (C=O) groups excluding carboxylic acids is 1. The van der Waals surface area contributed by atoms with Crippen LogP contribution < -0.4 is 14.4 Å². The number of anilines is 1. The van der Waals surface area contributed by atoms with Gasteiger partial charge in [0.2, 0.25) is 0 Å². The third-order valence-corrected chi connectivity index (χ3v) is 5.56. The van der Waals surface area contributed by atoms with E-state index in [1.165, 1.54) is 11.3 Å². The minimum absolute atomic E-state index is 0.151. The fraction of sp³-hybridized carbons (Fsp3) is 0.174. The second-order valence-electron chi connectivity index (χ2n) is 6.54. The molecule has 4 aromatic rings. The smallest absolute Gasteiger partial charge is 0.260 e. The van der Waals surface area contributed by atoms with Crippen LogP contribution in [0.15, 0.2) is 67.0 Å². The molecule has 2 heterocycles. The molecule has 6 nitrogen and oxygen atoms in total. The van der Waals surface area contributed by atoms with Crippen molar-refractivity contribution in [3.63, 3.8) is 0 Å². The molecule has 0 radical (unpaired) electrons. The molecule has 0 atom stereocenters. The highest BCUT2D eigenvalue weighted by atomic mass is 32.1. The minimum Gasteiger partial charge on any atom is -0.497 e. The quantitative estimate of drug-likeness (QED) is 0.424. The summed E-state index contributed by atoms with van der Waals surface area (Å²) in [7, 11) is 1.58. The van der Waals surface area contributed by atoms with Crippen molar-refractivity contribution in [1.29, 1.82) is 0 Å². The van der Waals surface area contributed by atoms with E-state index >= 15 is 0 Å². The van der Waals surface area contributed by atoms with Gasteiger partial charge in [-0.2, -0.15) is 0 Å². The van der Waals surface area contributed by atoms with Crippen molar-refractivity contribution < 1.29 is 14.3 Å². The Kier molecular flexibility index (Phi) is 5.90. The van der Waals surface area contributed by atoms with Crippen LogP contribution in [0.1, 0.15) is 22.8 Å². The number of methoxy groups -OCH3 is 1. The van der Waals surface area contributed by atoms with E-state index in [-0.39, 0.29) is 5.91 Å². The van der Waals surface area contributed by atoms with Crippen LogP contribution in [-0.4, -0.2) is 29.6 Å². The standard InChI is InChI=1S/C23H21N3O3S/c1-3-29-19-9-10-20-21(13-19)30-23(25-20)26(15-16-6-5-11-24-14-16)22(27)17-7-4-8-18(12-17)28-2/h4-14H,3,15H2,1-2H3. The lowest BCUT2D eigenvalue weighted by Crippen LogP contribution is -2.30. The number of aromatic nitrogens is 2. The number of carbonyl (C=O) groups is 1. The lowest BCUT2D eigenvalue weighted by atomic mass is 10.1. The maximum atomic E-state index is 13.5. The molecular weight excluding hydrogens is 398 g/mol. The van der Waals surface area contributed by atoms with E-state index in [9.17, 15) is 4.79 Å². The van der Waals surface area contributed by atoms with E-state index in [1.807, 2.05) is 43.3 Å². The molecule has 0 aliphatic heterocycles. The van der Waals surface area contributed by atoms with Crippen LogP contribution in [0.25, 0.3) is 10.2 Å². The molecule has 0 bridgehead atoms. The molecule has 0 spiro atoms. The van der Waals surface area contributed by atoms with E-state index in [2.05, 4.69) is 4.98 Å². The monoisotopic (exact) mass is 419 g/mol. The number of hydrogen-bond acceptors (Lipinski definition) is 6. The summed E-state index contributed by atoms with van der Waals surface area (Å²) in [6.07, 6.45) is 3.47. The SMILES string of the molecule is CCOc1ccc2nc(N(Cc3cccnc3)C(=O)c3cccc(OC)c3)sc2c1.